The van der Waals surface area contributed by atoms with Gasteiger partial charge in [0.2, 0.25) is 0 Å². The summed E-state index contributed by atoms with van der Waals surface area (Å²) in [6, 6.07) is 2.47. The number of hydrogen-bond donors (Lipinski definition) is 1. The fraction of sp³-hybridized carbons (Fsp3) is 0.615. The number of likely N-dealkylation sites (N-methyl/N-ethyl adjacent to an activating group) is 1. The van der Waals surface area contributed by atoms with Crippen molar-refractivity contribution in [3.05, 3.63) is 18.0 Å². The Balaban J connectivity index is 2.27. The maximum Gasteiger partial charge on any atom is 0.160 e. The third-order valence-electron chi connectivity index (χ3n) is 3.49. The fourth-order valence-corrected chi connectivity index (χ4v) is 2.29. The second kappa shape index (κ2) is 4.92. The van der Waals surface area contributed by atoms with Crippen LogP contribution in [-0.4, -0.2) is 31.7 Å². The number of methoxy groups -OCH3 is 1. The molecule has 1 aliphatic carbocycles. The highest BCUT2D eigenvalue weighted by molar-refractivity contribution is 5.58. The van der Waals surface area contributed by atoms with E-state index >= 15 is 0 Å². The average Bonchev–Trinajstić information content (AvgIpc) is 3.14. The predicted octanol–water partition coefficient (Wildman–Crippen LogP) is 1.57. The van der Waals surface area contributed by atoms with Crippen LogP contribution in [0.4, 0.5) is 5.69 Å². The van der Waals surface area contributed by atoms with E-state index in [1.807, 2.05) is 6.92 Å². The minimum Gasteiger partial charge on any atom is -0.493 e. The normalized spacial score (nSPS) is 16.7. The molecule has 0 radical (unpaired) electrons. The Morgan fingerprint density at radius 2 is 2.29 bits per heavy atom. The Morgan fingerprint density at radius 3 is 2.82 bits per heavy atom. The number of aromatic nitrogens is 1. The van der Waals surface area contributed by atoms with E-state index in [0.29, 0.717) is 12.6 Å². The number of rotatable bonds is 5. The molecule has 0 aliphatic heterocycles. The van der Waals surface area contributed by atoms with Crippen molar-refractivity contribution in [2.75, 3.05) is 25.6 Å². The molecular formula is C13H21N3O. The summed E-state index contributed by atoms with van der Waals surface area (Å²) in [5, 5.41) is 0. The third-order valence-corrected chi connectivity index (χ3v) is 3.49. The maximum atomic E-state index is 5.88. The van der Waals surface area contributed by atoms with Crippen molar-refractivity contribution >= 4 is 5.69 Å². The monoisotopic (exact) mass is 235 g/mol. The SMILES string of the molecule is COc1cnc(C)cc1N(C)C(CN)C1CC1. The maximum absolute atomic E-state index is 5.88. The van der Waals surface area contributed by atoms with Crippen molar-refractivity contribution in [3.63, 3.8) is 0 Å². The first-order valence-corrected chi connectivity index (χ1v) is 6.11. The van der Waals surface area contributed by atoms with Gasteiger partial charge in [-0.05, 0) is 31.7 Å². The van der Waals surface area contributed by atoms with Crippen molar-refractivity contribution in [2.45, 2.75) is 25.8 Å². The summed E-state index contributed by atoms with van der Waals surface area (Å²) in [6.07, 6.45) is 4.36. The lowest BCUT2D eigenvalue weighted by Crippen LogP contribution is -2.39. The highest BCUT2D eigenvalue weighted by atomic mass is 16.5. The van der Waals surface area contributed by atoms with Gasteiger partial charge in [0.25, 0.3) is 0 Å². The Kier molecular flexibility index (Phi) is 3.52. The van der Waals surface area contributed by atoms with E-state index in [4.69, 9.17) is 10.5 Å². The van der Waals surface area contributed by atoms with Crippen molar-refractivity contribution < 1.29 is 4.74 Å². The lowest BCUT2D eigenvalue weighted by atomic mass is 10.1. The summed E-state index contributed by atoms with van der Waals surface area (Å²) < 4.78 is 5.37. The summed E-state index contributed by atoms with van der Waals surface area (Å²) in [5.74, 6) is 1.56. The number of ether oxygens (including phenoxy) is 1. The first-order chi connectivity index (χ1) is 8.17. The van der Waals surface area contributed by atoms with Crippen LogP contribution in [0.2, 0.25) is 0 Å². The van der Waals surface area contributed by atoms with E-state index in [1.54, 1.807) is 13.3 Å². The molecule has 2 N–H and O–H groups in total. The Bertz CT molecular complexity index is 390. The van der Waals surface area contributed by atoms with Crippen LogP contribution in [0.1, 0.15) is 18.5 Å². The van der Waals surface area contributed by atoms with E-state index in [-0.39, 0.29) is 0 Å². The van der Waals surface area contributed by atoms with E-state index in [9.17, 15) is 0 Å². The second-order valence-corrected chi connectivity index (χ2v) is 4.75. The molecule has 0 spiro atoms. The van der Waals surface area contributed by atoms with Gasteiger partial charge in [-0.25, -0.2) is 0 Å². The van der Waals surface area contributed by atoms with E-state index < -0.39 is 0 Å². The van der Waals surface area contributed by atoms with Crippen LogP contribution in [0.25, 0.3) is 0 Å². The first kappa shape index (κ1) is 12.2. The summed E-state index contributed by atoms with van der Waals surface area (Å²) in [7, 11) is 3.77. The molecule has 17 heavy (non-hydrogen) atoms. The zero-order valence-electron chi connectivity index (χ0n) is 10.8. The van der Waals surface area contributed by atoms with Crippen LogP contribution in [0.3, 0.4) is 0 Å². The summed E-state index contributed by atoms with van der Waals surface area (Å²) in [6.45, 7) is 2.68. The largest absolute Gasteiger partial charge is 0.493 e. The van der Waals surface area contributed by atoms with Gasteiger partial charge in [0.1, 0.15) is 0 Å². The molecule has 0 saturated heterocycles. The van der Waals surface area contributed by atoms with Gasteiger partial charge in [-0.2, -0.15) is 0 Å². The molecule has 1 fully saturated rings. The predicted molar refractivity (Wildman–Crippen MR) is 69.5 cm³/mol. The standard InChI is InChI=1S/C13H21N3O/c1-9-6-11(13(17-3)8-15-9)16(2)12(7-14)10-4-5-10/h6,8,10,12H,4-5,7,14H2,1-3H3. The molecule has 0 bridgehead atoms. The molecule has 1 saturated carbocycles. The van der Waals surface area contributed by atoms with Crippen LogP contribution in [0, 0.1) is 12.8 Å². The minimum absolute atomic E-state index is 0.408. The smallest absolute Gasteiger partial charge is 0.160 e. The zero-order chi connectivity index (χ0) is 12.4. The molecule has 0 aromatic carbocycles. The fourth-order valence-electron chi connectivity index (χ4n) is 2.29. The molecule has 1 unspecified atom stereocenters. The van der Waals surface area contributed by atoms with Crippen molar-refractivity contribution in [1.82, 2.24) is 4.98 Å². The lowest BCUT2D eigenvalue weighted by molar-refractivity contribution is 0.410. The minimum atomic E-state index is 0.408. The second-order valence-electron chi connectivity index (χ2n) is 4.75. The van der Waals surface area contributed by atoms with E-state index in [1.165, 1.54) is 12.8 Å². The third kappa shape index (κ3) is 2.52. The average molecular weight is 235 g/mol. The van der Waals surface area contributed by atoms with Crippen molar-refractivity contribution in [3.8, 4) is 5.75 Å². The summed E-state index contributed by atoms with van der Waals surface area (Å²) in [4.78, 5) is 6.50. The number of aryl methyl sites for hydroxylation is 1. The Hall–Kier alpha value is -1.29. The molecule has 2 rings (SSSR count). The van der Waals surface area contributed by atoms with Crippen molar-refractivity contribution in [2.24, 2.45) is 11.7 Å². The molecule has 1 aliphatic rings. The molecule has 4 nitrogen and oxygen atoms in total. The highest BCUT2D eigenvalue weighted by Gasteiger charge is 2.33. The zero-order valence-corrected chi connectivity index (χ0v) is 10.8. The van der Waals surface area contributed by atoms with Gasteiger partial charge in [-0.1, -0.05) is 0 Å². The molecule has 1 atom stereocenters. The van der Waals surface area contributed by atoms with Gasteiger partial charge in [0.15, 0.2) is 5.75 Å². The van der Waals surface area contributed by atoms with Crippen LogP contribution < -0.4 is 15.4 Å². The van der Waals surface area contributed by atoms with Gasteiger partial charge < -0.3 is 15.4 Å². The van der Waals surface area contributed by atoms with Crippen LogP contribution in [0.15, 0.2) is 12.3 Å². The Labute approximate surface area is 103 Å². The number of anilines is 1. The first-order valence-electron chi connectivity index (χ1n) is 6.11. The van der Waals surface area contributed by atoms with Gasteiger partial charge in [-0.3, -0.25) is 4.98 Å². The van der Waals surface area contributed by atoms with E-state index in [0.717, 1.165) is 23.0 Å². The number of nitrogens with zero attached hydrogens (tertiary/aromatic N) is 2. The number of hydrogen-bond acceptors (Lipinski definition) is 4. The van der Waals surface area contributed by atoms with Gasteiger partial charge in [0, 0.05) is 25.3 Å². The van der Waals surface area contributed by atoms with Gasteiger partial charge in [-0.15, -0.1) is 0 Å². The van der Waals surface area contributed by atoms with Crippen molar-refractivity contribution in [1.29, 1.82) is 0 Å². The summed E-state index contributed by atoms with van der Waals surface area (Å²) in [5.41, 5.74) is 7.97. The van der Waals surface area contributed by atoms with Gasteiger partial charge >= 0.3 is 0 Å². The lowest BCUT2D eigenvalue weighted by Gasteiger charge is -2.30. The number of nitrogens with two attached hydrogens (primary N) is 1. The quantitative estimate of drug-likeness (QED) is 0.841. The van der Waals surface area contributed by atoms with Gasteiger partial charge in [0.05, 0.1) is 19.0 Å². The molecule has 94 valence electrons. The molecule has 1 heterocycles. The molecule has 4 heteroatoms. The molecule has 1 aromatic heterocycles. The topological polar surface area (TPSA) is 51.4 Å². The molecule has 1 aromatic rings. The Morgan fingerprint density at radius 1 is 1.59 bits per heavy atom. The summed E-state index contributed by atoms with van der Waals surface area (Å²) >= 11 is 0. The number of pyridine rings is 1. The van der Waals surface area contributed by atoms with Crippen LogP contribution in [0.5, 0.6) is 5.75 Å². The molecular weight excluding hydrogens is 214 g/mol. The highest BCUT2D eigenvalue weighted by Crippen LogP contribution is 2.38. The molecule has 0 amide bonds. The van der Waals surface area contributed by atoms with Crippen LogP contribution in [-0.2, 0) is 0 Å². The van der Waals surface area contributed by atoms with E-state index in [2.05, 4.69) is 23.0 Å². The van der Waals surface area contributed by atoms with Crippen LogP contribution >= 0.6 is 0 Å².